The molecule has 2 atom stereocenters. The van der Waals surface area contributed by atoms with Gasteiger partial charge in [0.15, 0.2) is 5.54 Å². The lowest BCUT2D eigenvalue weighted by molar-refractivity contribution is -0.376. The first-order chi connectivity index (χ1) is 18.6. The van der Waals surface area contributed by atoms with Crippen molar-refractivity contribution in [1.82, 2.24) is 10.2 Å². The summed E-state index contributed by atoms with van der Waals surface area (Å²) in [7, 11) is 0. The molecule has 2 aromatic rings. The van der Waals surface area contributed by atoms with Crippen LogP contribution in [-0.4, -0.2) is 46.9 Å². The van der Waals surface area contributed by atoms with Gasteiger partial charge in [0.25, 0.3) is 11.5 Å². The third-order valence-electron chi connectivity index (χ3n) is 6.87. The number of ether oxygens (including phenoxy) is 1. The summed E-state index contributed by atoms with van der Waals surface area (Å²) in [6.07, 6.45) is -5.73. The van der Waals surface area contributed by atoms with E-state index in [1.54, 1.807) is 37.3 Å². The number of benzene rings is 1. The maximum Gasteiger partial charge on any atom is 0.430 e. The van der Waals surface area contributed by atoms with Gasteiger partial charge in [-0.2, -0.15) is 26.3 Å². The minimum atomic E-state index is -6.00. The highest BCUT2D eigenvalue weighted by atomic mass is 19.4. The van der Waals surface area contributed by atoms with Crippen LogP contribution >= 0.6 is 0 Å². The van der Waals surface area contributed by atoms with Crippen molar-refractivity contribution in [3.8, 4) is 5.75 Å². The highest BCUT2D eigenvalue weighted by molar-refractivity contribution is 6.07. The third kappa shape index (κ3) is 5.09. The molecular formula is C27H26F6N2O5. The van der Waals surface area contributed by atoms with Gasteiger partial charge in [-0.3, -0.25) is 9.69 Å². The lowest BCUT2D eigenvalue weighted by Crippen LogP contribution is -2.53. The molecule has 13 heteroatoms. The number of imide groups is 1. The molecule has 1 aromatic heterocycles. The molecule has 4 rings (SSSR count). The zero-order valence-corrected chi connectivity index (χ0v) is 21.4. The van der Waals surface area contributed by atoms with Crippen LogP contribution in [0.2, 0.25) is 0 Å². The van der Waals surface area contributed by atoms with Crippen LogP contribution in [-0.2, 0) is 22.4 Å². The topological polar surface area (TPSA) is 92.0 Å². The normalized spacial score (nSPS) is 22.0. The average molecular weight is 573 g/mol. The molecule has 0 bridgehead atoms. The highest BCUT2D eigenvalue weighted by Gasteiger charge is 2.71. The van der Waals surface area contributed by atoms with Crippen LogP contribution in [0.15, 0.2) is 64.8 Å². The summed E-state index contributed by atoms with van der Waals surface area (Å²) in [5.41, 5.74) is -7.11. The fraction of sp³-hybridized carbons (Fsp3) is 0.407. The summed E-state index contributed by atoms with van der Waals surface area (Å²) in [5, 5.41) is 12.4. The van der Waals surface area contributed by atoms with Gasteiger partial charge >= 0.3 is 18.4 Å². The second-order valence-electron chi connectivity index (χ2n) is 9.77. The molecule has 1 aliphatic heterocycles. The number of furan rings is 1. The number of nitrogens with one attached hydrogen (secondary N) is 1. The largest absolute Gasteiger partial charge is 0.486 e. The van der Waals surface area contributed by atoms with Gasteiger partial charge < -0.3 is 19.6 Å². The van der Waals surface area contributed by atoms with Gasteiger partial charge in [0.2, 0.25) is 0 Å². The molecule has 1 aromatic carbocycles. The second kappa shape index (κ2) is 10.3. The van der Waals surface area contributed by atoms with E-state index in [4.69, 9.17) is 9.15 Å². The molecule has 3 amide bonds. The van der Waals surface area contributed by atoms with Crippen molar-refractivity contribution in [2.45, 2.75) is 62.7 Å². The summed E-state index contributed by atoms with van der Waals surface area (Å²) in [5.74, 6) is -0.210. The monoisotopic (exact) mass is 572 g/mol. The molecule has 1 saturated heterocycles. The van der Waals surface area contributed by atoms with E-state index in [0.717, 1.165) is 11.0 Å². The number of carbonyl (C=O) groups excluding carboxylic acids is 2. The third-order valence-corrected chi connectivity index (χ3v) is 6.87. The predicted octanol–water partition coefficient (Wildman–Crippen LogP) is 5.65. The van der Waals surface area contributed by atoms with Crippen LogP contribution < -0.4 is 10.1 Å². The Bertz CT molecular complexity index is 1320. The number of carbonyl (C=O) groups is 2. The van der Waals surface area contributed by atoms with Crippen LogP contribution in [0.1, 0.15) is 43.6 Å². The first-order valence-corrected chi connectivity index (χ1v) is 12.3. The van der Waals surface area contributed by atoms with Crippen molar-refractivity contribution in [3.05, 3.63) is 77.3 Å². The first-order valence-electron chi connectivity index (χ1n) is 12.3. The van der Waals surface area contributed by atoms with Gasteiger partial charge in [0.05, 0.1) is 12.8 Å². The van der Waals surface area contributed by atoms with Gasteiger partial charge in [-0.15, -0.1) is 0 Å². The quantitative estimate of drug-likeness (QED) is 0.315. The number of halogens is 6. The summed E-state index contributed by atoms with van der Waals surface area (Å²) in [4.78, 5) is 26.7. The van der Waals surface area contributed by atoms with E-state index in [1.165, 1.54) is 13.2 Å². The number of amides is 3. The minimum Gasteiger partial charge on any atom is -0.486 e. The number of nitrogens with zero attached hydrogens (tertiary/aromatic N) is 1. The standard InChI is InChI=1S/C27H26F6N2O5/c1-3-6-17-14-18(25(38,26(28,29)30)27(31,32)33)10-11-20(17)40-19-8-4-7-16(13-19)15-35-22(36)24(2,34-23(35)37)21-9-5-12-39-21/h4-5,7-12,14,19,38H,3,6,13,15H2,1-2H3,(H,34,37). The van der Waals surface area contributed by atoms with Crippen LogP contribution in [0.5, 0.6) is 5.75 Å². The molecule has 0 radical (unpaired) electrons. The van der Waals surface area contributed by atoms with E-state index in [1.807, 2.05) is 0 Å². The zero-order chi connectivity index (χ0) is 29.5. The smallest absolute Gasteiger partial charge is 0.430 e. The summed E-state index contributed by atoms with van der Waals surface area (Å²) < 4.78 is 91.6. The van der Waals surface area contributed by atoms with Gasteiger partial charge in [-0.1, -0.05) is 31.6 Å². The molecule has 2 heterocycles. The van der Waals surface area contributed by atoms with E-state index in [2.05, 4.69) is 5.32 Å². The number of urea groups is 1. The number of aliphatic hydroxyl groups is 1. The lowest BCUT2D eigenvalue weighted by atomic mass is 9.90. The molecular weight excluding hydrogens is 546 g/mol. The maximum absolute atomic E-state index is 13.4. The Hall–Kier alpha value is -3.74. The van der Waals surface area contributed by atoms with Crippen LogP contribution in [0.4, 0.5) is 31.1 Å². The molecule has 1 fully saturated rings. The summed E-state index contributed by atoms with van der Waals surface area (Å²) in [6, 6.07) is 4.70. The second-order valence-corrected chi connectivity index (χ2v) is 9.77. The van der Waals surface area contributed by atoms with E-state index < -0.39 is 47.1 Å². The highest BCUT2D eigenvalue weighted by Crippen LogP contribution is 2.50. The fourth-order valence-corrected chi connectivity index (χ4v) is 4.72. The summed E-state index contributed by atoms with van der Waals surface area (Å²) in [6.45, 7) is 3.13. The zero-order valence-electron chi connectivity index (χ0n) is 21.4. The molecule has 0 saturated carbocycles. The molecule has 2 N–H and O–H groups in total. The van der Waals surface area contributed by atoms with Crippen LogP contribution in [0, 0.1) is 0 Å². The average Bonchev–Trinajstić information content (AvgIpc) is 3.48. The van der Waals surface area contributed by atoms with Crippen molar-refractivity contribution in [2.75, 3.05) is 6.54 Å². The van der Waals surface area contributed by atoms with Crippen LogP contribution in [0.3, 0.4) is 0 Å². The Morgan fingerprint density at radius 2 is 1.85 bits per heavy atom. The van der Waals surface area contributed by atoms with Gasteiger partial charge in [-0.05, 0) is 54.8 Å². The number of rotatable bonds is 8. The molecule has 7 nitrogen and oxygen atoms in total. The maximum atomic E-state index is 13.4. The number of hydrogen-bond donors (Lipinski definition) is 2. The van der Waals surface area contributed by atoms with Crippen LogP contribution in [0.25, 0.3) is 0 Å². The number of allylic oxidation sites excluding steroid dienone is 2. The van der Waals surface area contributed by atoms with E-state index in [0.29, 0.717) is 24.1 Å². The van der Waals surface area contributed by atoms with Crippen molar-refractivity contribution in [3.63, 3.8) is 0 Å². The number of aryl methyl sites for hydroxylation is 1. The van der Waals surface area contributed by atoms with Gasteiger partial charge in [0.1, 0.15) is 17.6 Å². The lowest BCUT2D eigenvalue weighted by Gasteiger charge is -2.33. The van der Waals surface area contributed by atoms with Crippen molar-refractivity contribution in [2.24, 2.45) is 0 Å². The Morgan fingerprint density at radius 3 is 2.45 bits per heavy atom. The molecule has 40 heavy (non-hydrogen) atoms. The Balaban J connectivity index is 1.52. The molecule has 2 unspecified atom stereocenters. The Kier molecular flexibility index (Phi) is 7.56. The predicted molar refractivity (Wildman–Crippen MR) is 129 cm³/mol. The molecule has 2 aliphatic rings. The van der Waals surface area contributed by atoms with E-state index in [-0.39, 0.29) is 36.5 Å². The Morgan fingerprint density at radius 1 is 1.15 bits per heavy atom. The van der Waals surface area contributed by atoms with Crippen molar-refractivity contribution >= 4 is 11.9 Å². The first kappa shape index (κ1) is 29.2. The summed E-state index contributed by atoms with van der Waals surface area (Å²) >= 11 is 0. The fourth-order valence-electron chi connectivity index (χ4n) is 4.72. The molecule has 1 aliphatic carbocycles. The number of alkyl halides is 6. The van der Waals surface area contributed by atoms with Gasteiger partial charge in [-0.25, -0.2) is 4.79 Å². The molecule has 216 valence electrons. The van der Waals surface area contributed by atoms with Crippen molar-refractivity contribution < 1.29 is 50.2 Å². The van der Waals surface area contributed by atoms with E-state index >= 15 is 0 Å². The van der Waals surface area contributed by atoms with E-state index in [9.17, 15) is 41.0 Å². The SMILES string of the molecule is CCCc1cc(C(O)(C(F)(F)F)C(F)(F)F)ccc1OC1C=CC=C(CN2C(=O)NC(C)(c3ccco3)C2=O)C1. The Labute approximate surface area is 225 Å². The molecule has 0 spiro atoms. The minimum absolute atomic E-state index is 0.0496. The van der Waals surface area contributed by atoms with Crippen molar-refractivity contribution in [1.29, 1.82) is 0 Å². The van der Waals surface area contributed by atoms with Gasteiger partial charge in [0, 0.05) is 12.0 Å². The number of hydrogen-bond acceptors (Lipinski definition) is 5.